The van der Waals surface area contributed by atoms with Gasteiger partial charge in [0.25, 0.3) is 0 Å². The molecule has 0 aliphatic heterocycles. The molecule has 0 radical (unpaired) electrons. The van der Waals surface area contributed by atoms with Crippen molar-refractivity contribution in [3.8, 4) is 67.0 Å². The normalized spacial score (nSPS) is 12.1. The van der Waals surface area contributed by atoms with Gasteiger partial charge in [0.1, 0.15) is 0 Å². The fourth-order valence-electron chi connectivity index (χ4n) is 10.2. The molecule has 0 unspecified atom stereocenters. The molecule has 1 aliphatic carbocycles. The van der Waals surface area contributed by atoms with Crippen molar-refractivity contribution >= 4 is 43.9 Å². The van der Waals surface area contributed by atoms with Crippen molar-refractivity contribution in [3.63, 3.8) is 0 Å². The van der Waals surface area contributed by atoms with Crippen LogP contribution in [-0.2, 0) is 6.42 Å². The van der Waals surface area contributed by atoms with E-state index in [9.17, 15) is 0 Å². The van der Waals surface area contributed by atoms with E-state index in [1.54, 1.807) is 0 Å². The zero-order valence-corrected chi connectivity index (χ0v) is 34.3. The van der Waals surface area contributed by atoms with Crippen molar-refractivity contribution < 1.29 is 0 Å². The Labute approximate surface area is 364 Å². The van der Waals surface area contributed by atoms with E-state index in [4.69, 9.17) is 9.97 Å². The summed E-state index contributed by atoms with van der Waals surface area (Å²) < 4.78 is 4.78. The summed E-state index contributed by atoms with van der Waals surface area (Å²) >= 11 is 0. The summed E-state index contributed by atoms with van der Waals surface area (Å²) in [6.45, 7) is 0. The maximum absolute atomic E-state index is 4.98. The van der Waals surface area contributed by atoms with Gasteiger partial charge in [0.2, 0.25) is 0 Å². The molecule has 0 saturated carbocycles. The maximum Gasteiger partial charge on any atom is 0.0963 e. The molecular weight excluding hydrogens is 765 g/mol. The van der Waals surface area contributed by atoms with Gasteiger partial charge in [-0.1, -0.05) is 133 Å². The van der Waals surface area contributed by atoms with E-state index in [1.165, 1.54) is 66.8 Å². The third-order valence-corrected chi connectivity index (χ3v) is 13.1. The highest BCUT2D eigenvalue weighted by Gasteiger charge is 2.23. The summed E-state index contributed by atoms with van der Waals surface area (Å²) in [5.41, 5.74) is 23.6. The highest BCUT2D eigenvalue weighted by molar-refractivity contribution is 6.10. The van der Waals surface area contributed by atoms with Crippen molar-refractivity contribution in [2.75, 3.05) is 0 Å². The third-order valence-electron chi connectivity index (χ3n) is 13.1. The number of benzene rings is 8. The van der Waals surface area contributed by atoms with Gasteiger partial charge in [0, 0.05) is 34.5 Å². The second-order valence-electron chi connectivity index (χ2n) is 16.6. The molecule has 294 valence electrons. The number of rotatable bonds is 6. The Kier molecular flexibility index (Phi) is 7.94. The minimum Gasteiger partial charge on any atom is -0.308 e. The first-order valence-corrected chi connectivity index (χ1v) is 21.6. The van der Waals surface area contributed by atoms with Gasteiger partial charge in [0.05, 0.1) is 33.1 Å². The van der Waals surface area contributed by atoms with Crippen molar-refractivity contribution in [1.82, 2.24) is 19.1 Å². The molecule has 0 saturated heterocycles. The Hall–Kier alpha value is -8.34. The van der Waals surface area contributed by atoms with Crippen LogP contribution in [0.4, 0.5) is 0 Å². The summed E-state index contributed by atoms with van der Waals surface area (Å²) in [7, 11) is 0. The molecule has 4 aromatic heterocycles. The molecule has 0 N–H and O–H groups in total. The van der Waals surface area contributed by atoms with Crippen LogP contribution in [0.25, 0.3) is 111 Å². The van der Waals surface area contributed by atoms with Gasteiger partial charge < -0.3 is 9.13 Å². The van der Waals surface area contributed by atoms with E-state index >= 15 is 0 Å². The number of hydrogen-bond acceptors (Lipinski definition) is 2. The molecule has 0 fully saturated rings. The molecular formula is C59H38N4. The topological polar surface area (TPSA) is 35.6 Å². The van der Waals surface area contributed by atoms with E-state index in [0.717, 1.165) is 61.7 Å². The van der Waals surface area contributed by atoms with Crippen LogP contribution in [0, 0.1) is 0 Å². The van der Waals surface area contributed by atoms with Crippen molar-refractivity contribution in [1.29, 1.82) is 0 Å². The summed E-state index contributed by atoms with van der Waals surface area (Å²) in [4.78, 5) is 9.96. The lowest BCUT2D eigenvalue weighted by Crippen LogP contribution is -1.96. The van der Waals surface area contributed by atoms with Crippen LogP contribution in [0.5, 0.6) is 0 Å². The van der Waals surface area contributed by atoms with E-state index in [0.29, 0.717) is 0 Å². The summed E-state index contributed by atoms with van der Waals surface area (Å²) in [5.74, 6) is 0. The van der Waals surface area contributed by atoms with Gasteiger partial charge in [-0.15, -0.1) is 0 Å². The van der Waals surface area contributed by atoms with Crippen LogP contribution in [-0.4, -0.2) is 19.1 Å². The Morgan fingerprint density at radius 3 is 1.16 bits per heavy atom. The van der Waals surface area contributed by atoms with Crippen LogP contribution >= 0.6 is 0 Å². The zero-order valence-electron chi connectivity index (χ0n) is 34.3. The Morgan fingerprint density at radius 2 is 0.714 bits per heavy atom. The predicted molar refractivity (Wildman–Crippen MR) is 261 cm³/mol. The van der Waals surface area contributed by atoms with Crippen LogP contribution in [0.3, 0.4) is 0 Å². The Balaban J connectivity index is 0.927. The predicted octanol–water partition coefficient (Wildman–Crippen LogP) is 14.9. The lowest BCUT2D eigenvalue weighted by atomic mass is 9.94. The molecule has 13 rings (SSSR count). The molecule has 4 heteroatoms. The van der Waals surface area contributed by atoms with Crippen molar-refractivity contribution in [3.05, 3.63) is 230 Å². The lowest BCUT2D eigenvalue weighted by molar-refractivity contribution is 1.16. The van der Waals surface area contributed by atoms with Crippen LogP contribution in [0.1, 0.15) is 11.1 Å². The number of aromatic nitrogens is 4. The van der Waals surface area contributed by atoms with Crippen molar-refractivity contribution in [2.45, 2.75) is 6.42 Å². The first kappa shape index (κ1) is 35.4. The van der Waals surface area contributed by atoms with Gasteiger partial charge in [-0.25, -0.2) is 0 Å². The Morgan fingerprint density at radius 1 is 0.302 bits per heavy atom. The summed E-state index contributed by atoms with van der Waals surface area (Å²) in [6, 6.07) is 74.8. The van der Waals surface area contributed by atoms with Gasteiger partial charge in [-0.3, -0.25) is 9.97 Å². The van der Waals surface area contributed by atoms with Crippen LogP contribution in [0.2, 0.25) is 0 Å². The number of pyridine rings is 2. The molecule has 4 nitrogen and oxygen atoms in total. The highest BCUT2D eigenvalue weighted by Crippen LogP contribution is 2.43. The average Bonchev–Trinajstić information content (AvgIpc) is 4.01. The highest BCUT2D eigenvalue weighted by atomic mass is 15.0. The fourth-order valence-corrected chi connectivity index (χ4v) is 10.2. The SMILES string of the molecule is c1ccc(-c2ccccc2-c2ccc3c(c2)c2ncccc2n3-c2ccc3c(c2)-c2cc(-n4c5ccc(-c6ccccc6-c6ccccc6)cc5c5ncccc54)ccc2C3)cc1. The molecule has 8 aromatic carbocycles. The molecule has 0 spiro atoms. The van der Waals surface area contributed by atoms with Gasteiger partial charge in [-0.05, 0) is 146 Å². The largest absolute Gasteiger partial charge is 0.308 e. The summed E-state index contributed by atoms with van der Waals surface area (Å²) in [5, 5.41) is 2.28. The molecule has 12 aromatic rings. The second-order valence-corrected chi connectivity index (χ2v) is 16.6. The summed E-state index contributed by atoms with van der Waals surface area (Å²) in [6.07, 6.45) is 4.72. The van der Waals surface area contributed by atoms with Gasteiger partial charge in [-0.2, -0.15) is 0 Å². The first-order chi connectivity index (χ1) is 31.2. The average molecular weight is 803 g/mol. The van der Waals surface area contributed by atoms with E-state index < -0.39 is 0 Å². The maximum atomic E-state index is 4.98. The molecule has 1 aliphatic rings. The quantitative estimate of drug-likeness (QED) is 0.168. The number of nitrogens with zero attached hydrogens (tertiary/aromatic N) is 4. The number of hydrogen-bond donors (Lipinski definition) is 0. The molecule has 0 atom stereocenters. The molecule has 0 amide bonds. The second kappa shape index (κ2) is 14.1. The Bertz CT molecular complexity index is 3520. The van der Waals surface area contributed by atoms with E-state index in [-0.39, 0.29) is 0 Å². The van der Waals surface area contributed by atoms with E-state index in [2.05, 4.69) is 203 Å². The minimum absolute atomic E-state index is 0.906. The van der Waals surface area contributed by atoms with Crippen LogP contribution in [0.15, 0.2) is 219 Å². The molecule has 4 heterocycles. The van der Waals surface area contributed by atoms with Crippen molar-refractivity contribution in [2.24, 2.45) is 0 Å². The monoisotopic (exact) mass is 802 g/mol. The fraction of sp³-hybridized carbons (Fsp3) is 0.0169. The van der Waals surface area contributed by atoms with Gasteiger partial charge >= 0.3 is 0 Å². The lowest BCUT2D eigenvalue weighted by Gasteiger charge is -2.13. The van der Waals surface area contributed by atoms with Crippen LogP contribution < -0.4 is 0 Å². The van der Waals surface area contributed by atoms with E-state index in [1.807, 2.05) is 24.5 Å². The smallest absolute Gasteiger partial charge is 0.0963 e. The molecule has 63 heavy (non-hydrogen) atoms. The van der Waals surface area contributed by atoms with Gasteiger partial charge in [0.15, 0.2) is 0 Å². The molecule has 0 bridgehead atoms. The first-order valence-electron chi connectivity index (χ1n) is 21.6. The minimum atomic E-state index is 0.906. The third kappa shape index (κ3) is 5.62. The standard InChI is InChI=1S/C59H38N4/c1-3-13-38(14-4-1)46-17-7-9-19-48(46)42-25-29-54-52(34-42)58-56(21-11-31-60-58)62(54)44-27-23-40-33-41-24-28-45(37-51(41)50(40)36-44)63-55-30-26-43(35-53(55)59-57(63)22-12-32-61-59)49-20-10-8-18-47(49)39-15-5-2-6-16-39/h1-32,34-37H,33H2. The number of fused-ring (bicyclic) bond motifs is 9. The zero-order chi connectivity index (χ0) is 41.4.